The molecule has 1 unspecified atom stereocenters. The molecule has 1 spiro atoms. The molecule has 2 aromatic heterocycles. The molecular formula is C24H28ClN7O5. The van der Waals surface area contributed by atoms with Gasteiger partial charge < -0.3 is 25.6 Å². The third kappa shape index (κ3) is 4.97. The summed E-state index contributed by atoms with van der Waals surface area (Å²) >= 11 is 6.48. The van der Waals surface area contributed by atoms with Gasteiger partial charge in [0.1, 0.15) is 40.6 Å². The first kappa shape index (κ1) is 25.0. The molecule has 2 aliphatic heterocycles. The van der Waals surface area contributed by atoms with Crippen LogP contribution >= 0.6 is 11.6 Å². The number of piperidine rings is 1. The third-order valence-corrected chi connectivity index (χ3v) is 6.68. The lowest BCUT2D eigenvalue weighted by molar-refractivity contribution is -0.117. The van der Waals surface area contributed by atoms with Crippen molar-refractivity contribution in [1.82, 2.24) is 24.8 Å². The van der Waals surface area contributed by atoms with Crippen LogP contribution in [0.1, 0.15) is 56.9 Å². The zero-order valence-corrected chi connectivity index (χ0v) is 21.5. The normalized spacial score (nSPS) is 20.9. The van der Waals surface area contributed by atoms with E-state index in [4.69, 9.17) is 16.3 Å². The van der Waals surface area contributed by atoms with Gasteiger partial charge in [0.05, 0.1) is 11.6 Å². The smallest absolute Gasteiger partial charge is 0.410 e. The van der Waals surface area contributed by atoms with Crippen molar-refractivity contribution in [2.24, 2.45) is 5.92 Å². The highest BCUT2D eigenvalue weighted by atomic mass is 35.5. The highest BCUT2D eigenvalue weighted by Gasteiger charge is 2.49. The molecule has 2 fully saturated rings. The van der Waals surface area contributed by atoms with Crippen LogP contribution in [0.4, 0.5) is 22.1 Å². The highest BCUT2D eigenvalue weighted by molar-refractivity contribution is 6.34. The van der Waals surface area contributed by atoms with Crippen LogP contribution in [-0.2, 0) is 15.2 Å². The van der Waals surface area contributed by atoms with Crippen LogP contribution in [0.15, 0.2) is 23.3 Å². The van der Waals surface area contributed by atoms with Gasteiger partial charge in [0.15, 0.2) is 0 Å². The van der Waals surface area contributed by atoms with Gasteiger partial charge in [-0.15, -0.1) is 0 Å². The van der Waals surface area contributed by atoms with Crippen molar-refractivity contribution < 1.29 is 19.1 Å². The number of hydrogen-bond donors (Lipinski definition) is 3. The minimum atomic E-state index is -1.17. The summed E-state index contributed by atoms with van der Waals surface area (Å²) in [6.45, 7) is 5.80. The number of nitrogens with zero attached hydrogens (tertiary/aromatic N) is 4. The second kappa shape index (κ2) is 9.02. The Bertz CT molecular complexity index is 1350. The van der Waals surface area contributed by atoms with E-state index in [0.717, 1.165) is 12.8 Å². The molecule has 0 aromatic carbocycles. The van der Waals surface area contributed by atoms with E-state index in [0.29, 0.717) is 25.2 Å². The van der Waals surface area contributed by atoms with Crippen LogP contribution in [0.25, 0.3) is 0 Å². The Morgan fingerprint density at radius 3 is 2.62 bits per heavy atom. The van der Waals surface area contributed by atoms with Crippen molar-refractivity contribution in [3.8, 4) is 0 Å². The second-order valence-corrected chi connectivity index (χ2v) is 11.0. The predicted molar refractivity (Wildman–Crippen MR) is 135 cm³/mol. The van der Waals surface area contributed by atoms with Gasteiger partial charge in [-0.1, -0.05) is 11.6 Å². The van der Waals surface area contributed by atoms with Crippen molar-refractivity contribution in [2.45, 2.75) is 57.7 Å². The molecule has 1 atom stereocenters. The van der Waals surface area contributed by atoms with Crippen LogP contribution in [0.5, 0.6) is 0 Å². The third-order valence-electron chi connectivity index (χ3n) is 6.40. The molecule has 0 bridgehead atoms. The quantitative estimate of drug-likeness (QED) is 0.547. The van der Waals surface area contributed by atoms with Gasteiger partial charge in [0.25, 0.3) is 11.5 Å². The van der Waals surface area contributed by atoms with E-state index in [1.807, 2.05) is 0 Å². The number of carbonyl (C=O) groups is 3. The van der Waals surface area contributed by atoms with Crippen molar-refractivity contribution >= 4 is 46.8 Å². The zero-order chi connectivity index (χ0) is 26.5. The first-order valence-corrected chi connectivity index (χ1v) is 12.5. The van der Waals surface area contributed by atoms with Gasteiger partial charge in [0, 0.05) is 18.5 Å². The Morgan fingerprint density at radius 2 is 1.92 bits per heavy atom. The first-order valence-electron chi connectivity index (χ1n) is 12.1. The maximum absolute atomic E-state index is 13.7. The number of nitrogens with one attached hydrogen (secondary N) is 3. The summed E-state index contributed by atoms with van der Waals surface area (Å²) in [5.74, 6) is -0.0329. The fourth-order valence-electron chi connectivity index (χ4n) is 4.63. The molecule has 37 heavy (non-hydrogen) atoms. The summed E-state index contributed by atoms with van der Waals surface area (Å²) in [5.41, 5.74) is -2.26. The molecule has 3 amide bonds. The lowest BCUT2D eigenvalue weighted by Gasteiger charge is -2.41. The van der Waals surface area contributed by atoms with Crippen molar-refractivity contribution in [3.05, 3.63) is 39.5 Å². The standard InChI is InChI=1S/C24H28ClN7O5/c1-23(2,3)37-22(36)31-8-4-7-24(11-31)30-20(34)18-14(25)9-15(21(35)32(18)24)28-16-10-17(27-12-26-16)29-19(33)13-5-6-13/h9-10,12-13H,4-8,11H2,1-3H3,(H,30,34)(H2,26,27,28,29,33). The Hall–Kier alpha value is -3.67. The van der Waals surface area contributed by atoms with Gasteiger partial charge in [-0.05, 0) is 52.5 Å². The minimum Gasteiger partial charge on any atom is -0.444 e. The Morgan fingerprint density at radius 1 is 1.19 bits per heavy atom. The summed E-state index contributed by atoms with van der Waals surface area (Å²) < 4.78 is 6.84. The van der Waals surface area contributed by atoms with Crippen LogP contribution < -0.4 is 21.5 Å². The van der Waals surface area contributed by atoms with Crippen molar-refractivity contribution in [2.75, 3.05) is 23.7 Å². The molecule has 3 N–H and O–H groups in total. The molecule has 13 heteroatoms. The molecule has 0 radical (unpaired) electrons. The van der Waals surface area contributed by atoms with Crippen LogP contribution in [-0.4, -0.2) is 56.0 Å². The average molecular weight is 530 g/mol. The molecule has 1 aliphatic carbocycles. The lowest BCUT2D eigenvalue weighted by Crippen LogP contribution is -2.59. The van der Waals surface area contributed by atoms with Crippen molar-refractivity contribution in [1.29, 1.82) is 0 Å². The van der Waals surface area contributed by atoms with Gasteiger partial charge in [-0.2, -0.15) is 0 Å². The maximum Gasteiger partial charge on any atom is 0.410 e. The minimum absolute atomic E-state index is 0.00324. The number of ether oxygens (including phenoxy) is 1. The molecule has 3 aliphatic rings. The van der Waals surface area contributed by atoms with Crippen LogP contribution in [0.3, 0.4) is 0 Å². The molecule has 2 aromatic rings. The molecule has 196 valence electrons. The van der Waals surface area contributed by atoms with Gasteiger partial charge >= 0.3 is 6.09 Å². The lowest BCUT2D eigenvalue weighted by atomic mass is 9.98. The first-order chi connectivity index (χ1) is 17.5. The topological polar surface area (TPSA) is 148 Å². The van der Waals surface area contributed by atoms with Crippen LogP contribution in [0.2, 0.25) is 5.02 Å². The Kier molecular flexibility index (Phi) is 6.09. The zero-order valence-electron chi connectivity index (χ0n) is 20.8. The maximum atomic E-state index is 13.7. The average Bonchev–Trinajstić information content (AvgIpc) is 3.62. The summed E-state index contributed by atoms with van der Waals surface area (Å²) in [5, 5.41) is 8.64. The Balaban J connectivity index is 1.45. The number of rotatable bonds is 4. The number of halogens is 1. The summed E-state index contributed by atoms with van der Waals surface area (Å²) in [6.07, 6.45) is 3.42. The van der Waals surface area contributed by atoms with Crippen LogP contribution in [0, 0.1) is 5.92 Å². The second-order valence-electron chi connectivity index (χ2n) is 10.6. The van der Waals surface area contributed by atoms with E-state index >= 15 is 0 Å². The number of pyridine rings is 1. The summed E-state index contributed by atoms with van der Waals surface area (Å²) in [6, 6.07) is 2.88. The molecule has 12 nitrogen and oxygen atoms in total. The van der Waals surface area contributed by atoms with E-state index in [2.05, 4.69) is 25.9 Å². The molecule has 1 saturated carbocycles. The largest absolute Gasteiger partial charge is 0.444 e. The number of likely N-dealkylation sites (tertiary alicyclic amines) is 1. The Labute approximate surface area is 217 Å². The molecule has 4 heterocycles. The number of fused-ring (bicyclic) bond motifs is 2. The van der Waals surface area contributed by atoms with Gasteiger partial charge in [0.2, 0.25) is 5.91 Å². The number of anilines is 3. The van der Waals surface area contributed by atoms with Gasteiger partial charge in [-0.25, -0.2) is 14.8 Å². The summed E-state index contributed by atoms with van der Waals surface area (Å²) in [4.78, 5) is 61.2. The van der Waals surface area contributed by atoms with Crippen molar-refractivity contribution in [3.63, 3.8) is 0 Å². The van der Waals surface area contributed by atoms with E-state index in [1.165, 1.54) is 27.9 Å². The monoisotopic (exact) mass is 529 g/mol. The number of amides is 3. The van der Waals surface area contributed by atoms with E-state index in [9.17, 15) is 19.2 Å². The fourth-order valence-corrected chi connectivity index (χ4v) is 4.91. The molecule has 1 saturated heterocycles. The fraction of sp³-hybridized carbons (Fsp3) is 0.500. The summed E-state index contributed by atoms with van der Waals surface area (Å²) in [7, 11) is 0. The SMILES string of the molecule is CC(C)(C)OC(=O)N1CCCC2(C1)NC(=O)c1c(Cl)cc(Nc3cc(NC(=O)C4CC4)ncn3)c(=O)n12. The molecular weight excluding hydrogens is 502 g/mol. The van der Waals surface area contributed by atoms with E-state index in [1.54, 1.807) is 20.8 Å². The molecule has 5 rings (SSSR count). The van der Waals surface area contributed by atoms with Gasteiger partial charge in [-0.3, -0.25) is 19.0 Å². The predicted octanol–water partition coefficient (Wildman–Crippen LogP) is 2.81. The van der Waals surface area contributed by atoms with E-state index in [-0.39, 0.29) is 40.6 Å². The van der Waals surface area contributed by atoms with E-state index < -0.39 is 28.8 Å². The number of carbonyl (C=O) groups excluding carboxylic acids is 3. The number of hydrogen-bond acceptors (Lipinski definition) is 8. The number of aromatic nitrogens is 3. The highest BCUT2D eigenvalue weighted by Crippen LogP contribution is 2.35.